The van der Waals surface area contributed by atoms with Crippen LogP contribution in [0.25, 0.3) is 0 Å². The molecule has 0 atom stereocenters. The molecule has 0 aliphatic rings. The highest BCUT2D eigenvalue weighted by Gasteiger charge is 2.02. The van der Waals surface area contributed by atoms with Gasteiger partial charge in [-0.05, 0) is 30.3 Å². The molecule has 0 aliphatic carbocycles. The number of aromatic hydroxyl groups is 1. The molecule has 0 amide bonds. The minimum atomic E-state index is 0.134. The Bertz CT molecular complexity index is 753. The fourth-order valence-electron chi connectivity index (χ4n) is 1.54. The van der Waals surface area contributed by atoms with Gasteiger partial charge in [-0.15, -0.1) is 6.42 Å². The number of hydrazone groups is 1. The number of benzene rings is 2. The Morgan fingerprint density at radius 3 is 2.61 bits per heavy atom. The van der Waals surface area contributed by atoms with Crippen molar-refractivity contribution in [2.75, 3.05) is 7.05 Å². The average molecular weight is 438 g/mol. The minimum Gasteiger partial charge on any atom is -0.507 e. The molecule has 6 heteroatoms. The van der Waals surface area contributed by atoms with Crippen molar-refractivity contribution >= 4 is 44.4 Å². The quantitative estimate of drug-likeness (QED) is 0.330. The maximum Gasteiger partial charge on any atom is 0.151 e. The van der Waals surface area contributed by atoms with Crippen molar-refractivity contribution in [1.29, 1.82) is 0 Å². The normalized spacial score (nSPS) is 9.65. The maximum absolute atomic E-state index is 10.3. The number of halogens is 2. The van der Waals surface area contributed by atoms with Crippen LogP contribution >= 0.6 is 31.9 Å². The zero-order chi connectivity index (χ0) is 17.2. The van der Waals surface area contributed by atoms with Crippen molar-refractivity contribution in [1.82, 2.24) is 5.43 Å². The zero-order valence-corrected chi connectivity index (χ0v) is 15.4. The first kappa shape index (κ1) is 18.9. The summed E-state index contributed by atoms with van der Waals surface area (Å²) in [6.45, 7) is 0. The van der Waals surface area contributed by atoms with Gasteiger partial charge in [0.05, 0.1) is 11.8 Å². The van der Waals surface area contributed by atoms with E-state index < -0.39 is 0 Å². The Kier molecular flexibility index (Phi) is 8.09. The lowest BCUT2D eigenvalue weighted by molar-refractivity contribution is 0.112. The van der Waals surface area contributed by atoms with Gasteiger partial charge in [0.25, 0.3) is 0 Å². The summed E-state index contributed by atoms with van der Waals surface area (Å²) in [5.74, 6) is 2.60. The predicted molar refractivity (Wildman–Crippen MR) is 99.9 cm³/mol. The summed E-state index contributed by atoms with van der Waals surface area (Å²) in [5, 5.41) is 13.2. The molecule has 0 radical (unpaired) electrons. The van der Waals surface area contributed by atoms with Gasteiger partial charge in [-0.1, -0.05) is 43.8 Å². The van der Waals surface area contributed by atoms with E-state index in [1.54, 1.807) is 31.3 Å². The van der Waals surface area contributed by atoms with Gasteiger partial charge in [-0.25, -0.2) is 0 Å². The fraction of sp³-hybridized carbons (Fsp3) is 0.0588. The summed E-state index contributed by atoms with van der Waals surface area (Å²) in [7, 11) is 1.67. The molecule has 0 aromatic heterocycles. The lowest BCUT2D eigenvalue weighted by Crippen LogP contribution is -1.96. The molecule has 2 aromatic rings. The van der Waals surface area contributed by atoms with Crippen LogP contribution in [0, 0.1) is 12.3 Å². The van der Waals surface area contributed by atoms with Gasteiger partial charge >= 0.3 is 0 Å². The SMILES string of the molecule is C#Cc1cccc(O)c1/C=N/NC.O=Cc1ccc(Br)cc1Br. The van der Waals surface area contributed by atoms with Crippen LogP contribution in [0.3, 0.4) is 0 Å². The van der Waals surface area contributed by atoms with Crippen molar-refractivity contribution in [2.24, 2.45) is 5.10 Å². The van der Waals surface area contributed by atoms with Gasteiger partial charge < -0.3 is 10.5 Å². The van der Waals surface area contributed by atoms with Crippen molar-refractivity contribution in [3.63, 3.8) is 0 Å². The molecule has 0 spiro atoms. The van der Waals surface area contributed by atoms with Gasteiger partial charge in [0, 0.05) is 27.1 Å². The topological polar surface area (TPSA) is 61.7 Å². The lowest BCUT2D eigenvalue weighted by Gasteiger charge is -2.00. The third kappa shape index (κ3) is 5.89. The molecule has 23 heavy (non-hydrogen) atoms. The zero-order valence-electron chi connectivity index (χ0n) is 12.3. The second kappa shape index (κ2) is 9.82. The third-order valence-corrected chi connectivity index (χ3v) is 3.83. The number of hydrogen-bond acceptors (Lipinski definition) is 4. The number of carbonyl (C=O) groups is 1. The molecular formula is C17H14Br2N2O2. The molecule has 0 saturated heterocycles. The van der Waals surface area contributed by atoms with E-state index in [-0.39, 0.29) is 5.75 Å². The highest BCUT2D eigenvalue weighted by molar-refractivity contribution is 9.11. The smallest absolute Gasteiger partial charge is 0.151 e. The number of nitrogens with one attached hydrogen (secondary N) is 1. The van der Waals surface area contributed by atoms with E-state index in [4.69, 9.17) is 6.42 Å². The van der Waals surface area contributed by atoms with Gasteiger partial charge in [0.1, 0.15) is 5.75 Å². The van der Waals surface area contributed by atoms with Crippen molar-refractivity contribution in [3.05, 3.63) is 62.0 Å². The Morgan fingerprint density at radius 1 is 1.30 bits per heavy atom. The van der Waals surface area contributed by atoms with Crippen LogP contribution in [0.2, 0.25) is 0 Å². The van der Waals surface area contributed by atoms with E-state index in [1.165, 1.54) is 6.21 Å². The monoisotopic (exact) mass is 436 g/mol. The molecule has 4 nitrogen and oxygen atoms in total. The van der Waals surface area contributed by atoms with E-state index in [0.29, 0.717) is 16.7 Å². The number of rotatable bonds is 3. The number of terminal acetylenes is 1. The molecule has 0 saturated carbocycles. The molecule has 118 valence electrons. The number of nitrogens with zero attached hydrogens (tertiary/aromatic N) is 1. The van der Waals surface area contributed by atoms with Crippen LogP contribution in [0.4, 0.5) is 0 Å². The number of phenolic OH excluding ortho intramolecular Hbond substituents is 1. The molecule has 2 N–H and O–H groups in total. The predicted octanol–water partition coefficient (Wildman–Crippen LogP) is 3.95. The first-order chi connectivity index (χ1) is 11.0. The standard InChI is InChI=1S/C10H10N2O.C7H4Br2O/c1-3-8-5-4-6-10(13)9(8)7-12-11-2;8-6-2-1-5(4-10)7(9)3-6/h1,4-7,11,13H,2H3;1-4H/b12-7+;. The number of carbonyl (C=O) groups excluding carboxylic acids is 1. The van der Waals surface area contributed by atoms with E-state index in [2.05, 4.69) is 48.3 Å². The summed E-state index contributed by atoms with van der Waals surface area (Å²) >= 11 is 6.53. The summed E-state index contributed by atoms with van der Waals surface area (Å²) in [5.41, 5.74) is 4.43. The Hall–Kier alpha value is -2.10. The Balaban J connectivity index is 0.000000238. The summed E-state index contributed by atoms with van der Waals surface area (Å²) in [6.07, 6.45) is 7.55. The van der Waals surface area contributed by atoms with Crippen LogP contribution in [-0.2, 0) is 0 Å². The minimum absolute atomic E-state index is 0.134. The molecule has 0 heterocycles. The van der Waals surface area contributed by atoms with E-state index in [1.807, 2.05) is 12.1 Å². The molecule has 2 aromatic carbocycles. The second-order valence-corrected chi connectivity index (χ2v) is 5.92. The fourth-order valence-corrected chi connectivity index (χ4v) is 2.68. The van der Waals surface area contributed by atoms with E-state index in [9.17, 15) is 9.90 Å². The van der Waals surface area contributed by atoms with Gasteiger partial charge in [-0.3, -0.25) is 4.79 Å². The summed E-state index contributed by atoms with van der Waals surface area (Å²) in [4.78, 5) is 10.3. The first-order valence-electron chi connectivity index (χ1n) is 6.42. The van der Waals surface area contributed by atoms with E-state index >= 15 is 0 Å². The van der Waals surface area contributed by atoms with Crippen LogP contribution in [0.5, 0.6) is 5.75 Å². The lowest BCUT2D eigenvalue weighted by atomic mass is 10.1. The highest BCUT2D eigenvalue weighted by atomic mass is 79.9. The van der Waals surface area contributed by atoms with Gasteiger partial charge in [-0.2, -0.15) is 5.10 Å². The van der Waals surface area contributed by atoms with Crippen LogP contribution in [0.15, 0.2) is 50.4 Å². The molecule has 2 rings (SSSR count). The number of hydrogen-bond donors (Lipinski definition) is 2. The summed E-state index contributed by atoms with van der Waals surface area (Å²) in [6, 6.07) is 10.4. The summed E-state index contributed by atoms with van der Waals surface area (Å²) < 4.78 is 1.78. The average Bonchev–Trinajstić information content (AvgIpc) is 2.54. The molecule has 0 aliphatic heterocycles. The largest absolute Gasteiger partial charge is 0.507 e. The van der Waals surface area contributed by atoms with Gasteiger partial charge in [0.2, 0.25) is 0 Å². The van der Waals surface area contributed by atoms with Crippen molar-refractivity contribution < 1.29 is 9.90 Å². The maximum atomic E-state index is 10.3. The second-order valence-electron chi connectivity index (χ2n) is 4.15. The third-order valence-electron chi connectivity index (χ3n) is 2.65. The van der Waals surface area contributed by atoms with Crippen molar-refractivity contribution in [2.45, 2.75) is 0 Å². The molecule has 0 bridgehead atoms. The number of phenols is 1. The van der Waals surface area contributed by atoms with Crippen molar-refractivity contribution in [3.8, 4) is 18.1 Å². The Labute approximate surface area is 151 Å². The first-order valence-corrected chi connectivity index (χ1v) is 8.00. The molecule has 0 fully saturated rings. The Morgan fingerprint density at radius 2 is 2.04 bits per heavy atom. The van der Waals surface area contributed by atoms with Gasteiger partial charge in [0.15, 0.2) is 6.29 Å². The highest BCUT2D eigenvalue weighted by Crippen LogP contribution is 2.20. The van der Waals surface area contributed by atoms with E-state index in [0.717, 1.165) is 15.2 Å². The molecular weight excluding hydrogens is 424 g/mol. The molecule has 0 unspecified atom stereocenters. The van der Waals surface area contributed by atoms with Crippen LogP contribution < -0.4 is 5.43 Å². The van der Waals surface area contributed by atoms with Crippen LogP contribution in [-0.4, -0.2) is 24.7 Å². The van der Waals surface area contributed by atoms with Crippen LogP contribution in [0.1, 0.15) is 21.5 Å². The number of aldehydes is 1.